The predicted octanol–water partition coefficient (Wildman–Crippen LogP) is 3.48. The van der Waals surface area contributed by atoms with Gasteiger partial charge in [-0.3, -0.25) is 0 Å². The molecule has 1 aliphatic heterocycles. The van der Waals surface area contributed by atoms with E-state index in [1.54, 1.807) is 0 Å². The van der Waals surface area contributed by atoms with E-state index in [4.69, 9.17) is 9.97 Å². The lowest BCUT2D eigenvalue weighted by atomic mass is 10.1. The fourth-order valence-electron chi connectivity index (χ4n) is 2.78. The maximum absolute atomic E-state index is 4.84. The Morgan fingerprint density at radius 3 is 2.48 bits per heavy atom. The van der Waals surface area contributed by atoms with Gasteiger partial charge in [0.15, 0.2) is 0 Å². The van der Waals surface area contributed by atoms with Crippen molar-refractivity contribution in [2.75, 3.05) is 29.9 Å². The fourth-order valence-corrected chi connectivity index (χ4v) is 2.78. The van der Waals surface area contributed by atoms with Crippen LogP contribution in [-0.2, 0) is 0 Å². The molecule has 1 fully saturated rings. The van der Waals surface area contributed by atoms with Crippen LogP contribution in [0.1, 0.15) is 25.3 Å². The number of anilines is 2. The van der Waals surface area contributed by atoms with Crippen LogP contribution in [0.25, 0.3) is 11.3 Å². The normalized spacial score (nSPS) is 14.5. The molecule has 110 valence electrons. The zero-order valence-electron chi connectivity index (χ0n) is 12.8. The molecule has 0 unspecified atom stereocenters. The Balaban J connectivity index is 2.08. The molecule has 4 nitrogen and oxygen atoms in total. The monoisotopic (exact) mass is 282 g/mol. The Morgan fingerprint density at radius 2 is 1.81 bits per heavy atom. The van der Waals surface area contributed by atoms with Crippen molar-refractivity contribution in [3.05, 3.63) is 35.9 Å². The van der Waals surface area contributed by atoms with Crippen molar-refractivity contribution in [3.63, 3.8) is 0 Å². The van der Waals surface area contributed by atoms with E-state index >= 15 is 0 Å². The number of hydrogen-bond acceptors (Lipinski definition) is 4. The number of nitrogens with one attached hydrogen (secondary N) is 1. The molecule has 1 N–H and O–H groups in total. The standard InChI is InChI=1S/C17H22N4/c1-3-18-16-13(2)15(14-9-5-4-6-10-14)19-17(20-16)21-11-7-8-12-21/h4-6,9-10H,3,7-8,11-12H2,1-2H3,(H,18,19,20). The molecule has 2 heterocycles. The van der Waals surface area contributed by atoms with Gasteiger partial charge in [0, 0.05) is 30.8 Å². The van der Waals surface area contributed by atoms with Crippen LogP contribution in [0.2, 0.25) is 0 Å². The summed E-state index contributed by atoms with van der Waals surface area (Å²) in [6, 6.07) is 10.4. The highest BCUT2D eigenvalue weighted by atomic mass is 15.3. The summed E-state index contributed by atoms with van der Waals surface area (Å²) in [7, 11) is 0. The summed E-state index contributed by atoms with van der Waals surface area (Å²) in [5.41, 5.74) is 3.30. The third kappa shape index (κ3) is 2.84. The van der Waals surface area contributed by atoms with Crippen molar-refractivity contribution in [2.45, 2.75) is 26.7 Å². The molecule has 1 aromatic heterocycles. The minimum absolute atomic E-state index is 0.855. The molecule has 21 heavy (non-hydrogen) atoms. The van der Waals surface area contributed by atoms with E-state index in [0.29, 0.717) is 0 Å². The molecule has 3 rings (SSSR count). The Morgan fingerprint density at radius 1 is 1.10 bits per heavy atom. The number of aromatic nitrogens is 2. The van der Waals surface area contributed by atoms with Crippen molar-refractivity contribution in [1.82, 2.24) is 9.97 Å². The molecule has 0 bridgehead atoms. The van der Waals surface area contributed by atoms with Crippen molar-refractivity contribution in [2.24, 2.45) is 0 Å². The summed E-state index contributed by atoms with van der Waals surface area (Å²) in [5.74, 6) is 1.81. The van der Waals surface area contributed by atoms with Crippen LogP contribution < -0.4 is 10.2 Å². The quantitative estimate of drug-likeness (QED) is 0.932. The van der Waals surface area contributed by atoms with Crippen LogP contribution in [-0.4, -0.2) is 29.6 Å². The summed E-state index contributed by atoms with van der Waals surface area (Å²) in [4.78, 5) is 11.9. The van der Waals surface area contributed by atoms with Crippen LogP contribution in [0.15, 0.2) is 30.3 Å². The first kappa shape index (κ1) is 13.9. The minimum Gasteiger partial charge on any atom is -0.370 e. The molecule has 0 amide bonds. The highest BCUT2D eigenvalue weighted by Gasteiger charge is 2.19. The van der Waals surface area contributed by atoms with Gasteiger partial charge in [-0.2, -0.15) is 4.98 Å². The third-order valence-electron chi connectivity index (χ3n) is 3.91. The maximum Gasteiger partial charge on any atom is 0.227 e. The van der Waals surface area contributed by atoms with Crippen molar-refractivity contribution in [3.8, 4) is 11.3 Å². The number of hydrogen-bond donors (Lipinski definition) is 1. The third-order valence-corrected chi connectivity index (χ3v) is 3.91. The Labute approximate surface area is 126 Å². The summed E-state index contributed by atoms with van der Waals surface area (Å²) >= 11 is 0. The first-order chi connectivity index (χ1) is 10.3. The molecule has 2 aromatic rings. The van der Waals surface area contributed by atoms with Crippen LogP contribution in [0.4, 0.5) is 11.8 Å². The SMILES string of the molecule is CCNc1nc(N2CCCC2)nc(-c2ccccc2)c1C. The lowest BCUT2D eigenvalue weighted by Gasteiger charge is -2.19. The second-order valence-electron chi connectivity index (χ2n) is 5.44. The predicted molar refractivity (Wildman–Crippen MR) is 87.8 cm³/mol. The van der Waals surface area contributed by atoms with Gasteiger partial charge in [-0.05, 0) is 26.7 Å². The van der Waals surface area contributed by atoms with Gasteiger partial charge in [0.05, 0.1) is 5.69 Å². The minimum atomic E-state index is 0.855. The molecule has 1 aliphatic rings. The average Bonchev–Trinajstić information content (AvgIpc) is 3.05. The fraction of sp³-hybridized carbons (Fsp3) is 0.412. The van der Waals surface area contributed by atoms with Gasteiger partial charge in [0.25, 0.3) is 0 Å². The largest absolute Gasteiger partial charge is 0.370 e. The van der Waals surface area contributed by atoms with Gasteiger partial charge in [0.2, 0.25) is 5.95 Å². The van der Waals surface area contributed by atoms with Gasteiger partial charge < -0.3 is 10.2 Å². The van der Waals surface area contributed by atoms with Crippen LogP contribution in [0.3, 0.4) is 0 Å². The highest BCUT2D eigenvalue weighted by Crippen LogP contribution is 2.29. The van der Waals surface area contributed by atoms with E-state index in [2.05, 4.69) is 48.3 Å². The maximum atomic E-state index is 4.84. The van der Waals surface area contributed by atoms with Crippen molar-refractivity contribution < 1.29 is 0 Å². The molecule has 1 saturated heterocycles. The molecule has 0 radical (unpaired) electrons. The van der Waals surface area contributed by atoms with Gasteiger partial charge in [0.1, 0.15) is 5.82 Å². The summed E-state index contributed by atoms with van der Waals surface area (Å²) < 4.78 is 0. The molecular formula is C17H22N4. The van der Waals surface area contributed by atoms with E-state index in [0.717, 1.165) is 48.2 Å². The van der Waals surface area contributed by atoms with Crippen LogP contribution in [0, 0.1) is 6.92 Å². The topological polar surface area (TPSA) is 41.1 Å². The van der Waals surface area contributed by atoms with Crippen LogP contribution >= 0.6 is 0 Å². The van der Waals surface area contributed by atoms with E-state index in [-0.39, 0.29) is 0 Å². The summed E-state index contributed by atoms with van der Waals surface area (Å²) in [5, 5.41) is 3.37. The van der Waals surface area contributed by atoms with Gasteiger partial charge >= 0.3 is 0 Å². The van der Waals surface area contributed by atoms with Crippen molar-refractivity contribution in [1.29, 1.82) is 0 Å². The lowest BCUT2D eigenvalue weighted by Crippen LogP contribution is -2.21. The van der Waals surface area contributed by atoms with E-state index in [1.807, 2.05) is 6.07 Å². The second kappa shape index (κ2) is 6.12. The lowest BCUT2D eigenvalue weighted by molar-refractivity contribution is 0.895. The summed E-state index contributed by atoms with van der Waals surface area (Å²) in [6.45, 7) is 7.17. The zero-order chi connectivity index (χ0) is 14.7. The zero-order valence-corrected chi connectivity index (χ0v) is 12.8. The van der Waals surface area contributed by atoms with E-state index < -0.39 is 0 Å². The summed E-state index contributed by atoms with van der Waals surface area (Å²) in [6.07, 6.45) is 2.46. The second-order valence-corrected chi connectivity index (χ2v) is 5.44. The average molecular weight is 282 g/mol. The van der Waals surface area contributed by atoms with E-state index in [1.165, 1.54) is 12.8 Å². The van der Waals surface area contributed by atoms with Crippen molar-refractivity contribution >= 4 is 11.8 Å². The molecular weight excluding hydrogens is 260 g/mol. The molecule has 1 aromatic carbocycles. The number of nitrogens with zero attached hydrogens (tertiary/aromatic N) is 3. The highest BCUT2D eigenvalue weighted by molar-refractivity contribution is 5.70. The Hall–Kier alpha value is -2.10. The van der Waals surface area contributed by atoms with Gasteiger partial charge in [-0.25, -0.2) is 4.98 Å². The molecule has 0 spiro atoms. The molecule has 0 aliphatic carbocycles. The first-order valence-electron chi connectivity index (χ1n) is 7.72. The number of rotatable bonds is 4. The smallest absolute Gasteiger partial charge is 0.227 e. The molecule has 0 atom stereocenters. The molecule has 0 saturated carbocycles. The Kier molecular flexibility index (Phi) is 4.04. The van der Waals surface area contributed by atoms with Crippen LogP contribution in [0.5, 0.6) is 0 Å². The van der Waals surface area contributed by atoms with Gasteiger partial charge in [-0.15, -0.1) is 0 Å². The molecule has 4 heteroatoms. The first-order valence-corrected chi connectivity index (χ1v) is 7.72. The number of benzene rings is 1. The van der Waals surface area contributed by atoms with Gasteiger partial charge in [-0.1, -0.05) is 30.3 Å². The Bertz CT molecular complexity index is 604. The van der Waals surface area contributed by atoms with E-state index in [9.17, 15) is 0 Å².